The molecular weight excluding hydrogens is 853 g/mol. The van der Waals surface area contributed by atoms with Gasteiger partial charge in [0.25, 0.3) is 0 Å². The number of H-pyrrole nitrogens is 1. The molecule has 0 amide bonds. The number of nitrogens with two attached hydrogens (primary N) is 2. The average Bonchev–Trinajstić information content (AvgIpc) is 3.98. The molecule has 11 unspecified atom stereocenters. The number of hydrogen-bond donors (Lipinski definition) is 10. The Balaban J connectivity index is 1.18. The highest BCUT2D eigenvalue weighted by Crippen LogP contribution is 2.61. The van der Waals surface area contributed by atoms with Crippen LogP contribution in [0.1, 0.15) is 52.3 Å². The maximum atomic E-state index is 12.4. The van der Waals surface area contributed by atoms with E-state index in [2.05, 4.69) is 16.8 Å². The van der Waals surface area contributed by atoms with Crippen molar-refractivity contribution in [2.24, 2.45) is 11.5 Å². The third-order valence-electron chi connectivity index (χ3n) is 12.0. The maximum Gasteiger partial charge on any atom is 0.317 e. The van der Waals surface area contributed by atoms with Crippen LogP contribution >= 0.6 is 0 Å². The Hall–Kier alpha value is -6.38. The molecule has 1 fully saturated rings. The Kier molecular flexibility index (Phi) is 12.1. The quantitative estimate of drug-likeness (QED) is 0.0326. The van der Waals surface area contributed by atoms with E-state index in [-0.39, 0.29) is 42.8 Å². The molecule has 4 aliphatic heterocycles. The van der Waals surface area contributed by atoms with E-state index < -0.39 is 98.3 Å². The number of aromatic nitrogens is 2. The van der Waals surface area contributed by atoms with Crippen LogP contribution in [0.4, 0.5) is 0 Å². The number of aromatic amines is 1. The minimum atomic E-state index is -1.97. The number of benzene rings is 3. The second-order valence-electron chi connectivity index (χ2n) is 16.1. The molecule has 2 aromatic heterocycles. The zero-order valence-corrected chi connectivity index (χ0v) is 34.3. The Bertz CT molecular complexity index is 2640. The van der Waals surface area contributed by atoms with Gasteiger partial charge in [0.05, 0.1) is 35.8 Å². The fourth-order valence-electron chi connectivity index (χ4n) is 9.07. The normalized spacial score (nSPS) is 26.9. The first-order chi connectivity index (χ1) is 31.3. The summed E-state index contributed by atoms with van der Waals surface area (Å²) in [5.41, 5.74) is 15.6. The van der Waals surface area contributed by atoms with E-state index in [1.807, 2.05) is 47.2 Å². The number of carboxylic acid groups (broad SMARTS) is 1. The van der Waals surface area contributed by atoms with E-state index in [9.17, 15) is 40.2 Å². The second-order valence-corrected chi connectivity index (χ2v) is 16.1. The van der Waals surface area contributed by atoms with E-state index >= 15 is 0 Å². The van der Waals surface area contributed by atoms with Crippen molar-refractivity contribution in [3.8, 4) is 40.6 Å². The van der Waals surface area contributed by atoms with E-state index in [0.29, 0.717) is 33.7 Å². The average molecular weight is 899 g/mol. The number of ether oxygens (including phenoxy) is 7. The molecule has 4 aliphatic rings. The van der Waals surface area contributed by atoms with Gasteiger partial charge in [-0.05, 0) is 29.3 Å². The van der Waals surface area contributed by atoms with Crippen molar-refractivity contribution < 1.29 is 78.5 Å². The van der Waals surface area contributed by atoms with Gasteiger partial charge in [0, 0.05) is 41.5 Å². The number of aliphatic hydroxyl groups is 6. The number of aliphatic hydroxyl groups excluding tert-OH is 6. The number of carbonyl (C=O) groups excluding carboxylic acids is 1. The van der Waals surface area contributed by atoms with Crippen molar-refractivity contribution in [2.75, 3.05) is 13.4 Å². The van der Waals surface area contributed by atoms with Gasteiger partial charge < -0.3 is 89.9 Å². The molecule has 20 heteroatoms. The summed E-state index contributed by atoms with van der Waals surface area (Å²) in [5, 5.41) is 74.7. The van der Waals surface area contributed by atoms with Crippen molar-refractivity contribution in [2.45, 2.75) is 92.7 Å². The molecule has 65 heavy (non-hydrogen) atoms. The van der Waals surface area contributed by atoms with Crippen LogP contribution in [0.15, 0.2) is 73.1 Å². The van der Waals surface area contributed by atoms with Crippen LogP contribution in [0.25, 0.3) is 10.9 Å². The smallest absolute Gasteiger partial charge is 0.317 e. The highest BCUT2D eigenvalue weighted by Gasteiger charge is 2.53. The first kappa shape index (κ1) is 43.9. The lowest BCUT2D eigenvalue weighted by atomic mass is 9.76. The summed E-state index contributed by atoms with van der Waals surface area (Å²) in [4.78, 5) is 26.8. The Labute approximate surface area is 369 Å². The highest BCUT2D eigenvalue weighted by atomic mass is 16.7. The summed E-state index contributed by atoms with van der Waals surface area (Å²) in [6.45, 7) is -1.18. The zero-order valence-electron chi connectivity index (χ0n) is 34.3. The lowest BCUT2D eigenvalue weighted by molar-refractivity contribution is -0.291. The second kappa shape index (κ2) is 17.9. The molecule has 5 aromatic rings. The van der Waals surface area contributed by atoms with Crippen LogP contribution in [0.3, 0.4) is 0 Å². The maximum absolute atomic E-state index is 12.4. The Morgan fingerprint density at radius 1 is 0.954 bits per heavy atom. The van der Waals surface area contributed by atoms with Gasteiger partial charge in [-0.2, -0.15) is 0 Å². The van der Waals surface area contributed by atoms with E-state index in [1.54, 1.807) is 24.4 Å². The monoisotopic (exact) mass is 898 g/mol. The lowest BCUT2D eigenvalue weighted by Gasteiger charge is -2.43. The number of carbonyl (C=O) groups is 2. The summed E-state index contributed by atoms with van der Waals surface area (Å²) in [5.74, 6) is 2.97. The number of nitrogens with zero attached hydrogens (tertiary/aromatic N) is 1. The molecule has 20 nitrogen and oxygen atoms in total. The van der Waals surface area contributed by atoms with Gasteiger partial charge >= 0.3 is 11.9 Å². The molecule has 0 aliphatic carbocycles. The van der Waals surface area contributed by atoms with Crippen LogP contribution in [0.2, 0.25) is 0 Å². The number of aliphatic carboxylic acids is 1. The minimum Gasteiger partial charge on any atom is -0.487 e. The predicted molar refractivity (Wildman–Crippen MR) is 223 cm³/mol. The van der Waals surface area contributed by atoms with Crippen LogP contribution in [0.5, 0.6) is 28.7 Å². The van der Waals surface area contributed by atoms with Crippen molar-refractivity contribution in [3.05, 3.63) is 101 Å². The summed E-state index contributed by atoms with van der Waals surface area (Å²) >= 11 is 0. The number of hydrogen-bond acceptors (Lipinski definition) is 17. The third-order valence-corrected chi connectivity index (χ3v) is 12.0. The number of nitrogens with one attached hydrogen (secondary N) is 1. The van der Waals surface area contributed by atoms with Crippen molar-refractivity contribution in [1.29, 1.82) is 0 Å². The van der Waals surface area contributed by atoms with Crippen LogP contribution < -0.4 is 35.2 Å². The Morgan fingerprint density at radius 3 is 2.49 bits per heavy atom. The van der Waals surface area contributed by atoms with Crippen molar-refractivity contribution in [3.63, 3.8) is 0 Å². The third kappa shape index (κ3) is 8.18. The first-order valence-electron chi connectivity index (χ1n) is 20.7. The molecule has 6 heterocycles. The molecule has 9 rings (SSSR count). The van der Waals surface area contributed by atoms with Gasteiger partial charge in [0.1, 0.15) is 67.3 Å². The fraction of sp³-hybridized carbons (Fsp3) is 0.378. The zero-order chi connectivity index (χ0) is 45.7. The van der Waals surface area contributed by atoms with E-state index in [4.69, 9.17) is 49.7 Å². The van der Waals surface area contributed by atoms with E-state index in [1.165, 1.54) is 6.07 Å². The van der Waals surface area contributed by atoms with Gasteiger partial charge in [-0.25, -0.2) is 0 Å². The number of fused-ring (bicyclic) bond motifs is 3. The topological polar surface area (TPSA) is 313 Å². The molecule has 0 spiro atoms. The summed E-state index contributed by atoms with van der Waals surface area (Å²) in [6.07, 6.45) is -12.9. The first-order valence-corrected chi connectivity index (χ1v) is 20.7. The number of esters is 1. The van der Waals surface area contributed by atoms with Crippen LogP contribution in [-0.4, -0.2) is 126 Å². The predicted octanol–water partition coefficient (Wildman–Crippen LogP) is 0.174. The molecule has 11 atom stereocenters. The highest BCUT2D eigenvalue weighted by molar-refractivity contribution is 5.90. The van der Waals surface area contributed by atoms with Crippen molar-refractivity contribution in [1.82, 2.24) is 9.55 Å². The minimum absolute atomic E-state index is 0.0131. The molecule has 342 valence electrons. The lowest BCUT2D eigenvalue weighted by Crippen LogP contribution is -2.66. The van der Waals surface area contributed by atoms with Gasteiger partial charge in [-0.15, -0.1) is 0 Å². The molecule has 1 saturated heterocycles. The summed E-state index contributed by atoms with van der Waals surface area (Å²) in [7, 11) is 0. The molecule has 3 aromatic carbocycles. The number of rotatable bonds is 13. The SMILES string of the molecule is NC(N)C(OC(=O)CC(=O)O)C1OC(Oc2cc(Cn3cc4cc[nH]c4c3CO)c3c(c2)OC2C(c4ccccc4)C#CC(O)COc4c(OCO)ccc5c4OC3C52)C(O)C(O)C1O. The molecule has 4 bridgehead atoms. The summed E-state index contributed by atoms with van der Waals surface area (Å²) in [6, 6.07) is 17.8. The van der Waals surface area contributed by atoms with Crippen LogP contribution in [0, 0.1) is 11.8 Å². The Morgan fingerprint density at radius 2 is 1.75 bits per heavy atom. The van der Waals surface area contributed by atoms with Crippen molar-refractivity contribution >= 4 is 22.8 Å². The largest absolute Gasteiger partial charge is 0.487 e. The van der Waals surface area contributed by atoms with Crippen LogP contribution in [-0.2, 0) is 32.2 Å². The standard InChI is InChI=1S/C45H46N4O16/c46-44(47)43(63-31(55)14-30(53)54)42-36(57)35(56)37(58)45(65-42)61-24-12-22(16-49-15-21-10-11-48-34(21)27(49)17-50)32-29(13-24)62-38-25(20-4-2-1-3-5-20)7-6-23(52)18-59-40-28(60-19-51)9-8-26-33(38)41(32)64-39(26)40/h1-5,8-13,15,23,25,33,35-38,41-45,48,50-52,56-58H,14,16-19,46-47H2,(H,53,54). The van der Waals surface area contributed by atoms with Gasteiger partial charge in [-0.1, -0.05) is 48.2 Å². The van der Waals surface area contributed by atoms with Gasteiger partial charge in [0.2, 0.25) is 12.0 Å². The fourth-order valence-corrected chi connectivity index (χ4v) is 9.07. The van der Waals surface area contributed by atoms with Gasteiger partial charge in [0.15, 0.2) is 24.4 Å². The van der Waals surface area contributed by atoms with E-state index in [0.717, 1.165) is 10.9 Å². The molecule has 0 radical (unpaired) electrons. The molecule has 12 N–H and O–H groups in total. The molecule has 0 saturated carbocycles. The van der Waals surface area contributed by atoms with Gasteiger partial charge in [-0.3, -0.25) is 9.59 Å². The summed E-state index contributed by atoms with van der Waals surface area (Å²) < 4.78 is 45.0. The molecular formula is C45H46N4O16. The number of carboxylic acids is 1.